The lowest BCUT2D eigenvalue weighted by Crippen LogP contribution is -2.41. The van der Waals surface area contributed by atoms with Crippen molar-refractivity contribution >= 4 is 28.2 Å². The van der Waals surface area contributed by atoms with E-state index < -0.39 is 0 Å². The molecule has 8 heteroatoms. The average molecular weight is 304 g/mol. The second kappa shape index (κ2) is 6.13. The fraction of sp³-hybridized carbons (Fsp3) is 0.462. The molecule has 2 aromatic rings. The van der Waals surface area contributed by atoms with Crippen molar-refractivity contribution in [3.63, 3.8) is 0 Å². The molecule has 0 unspecified atom stereocenters. The summed E-state index contributed by atoms with van der Waals surface area (Å²) in [5.74, 6) is 0.756. The van der Waals surface area contributed by atoms with E-state index in [4.69, 9.17) is 0 Å². The number of rotatable bonds is 3. The van der Waals surface area contributed by atoms with E-state index >= 15 is 0 Å². The van der Waals surface area contributed by atoms with Gasteiger partial charge in [0.25, 0.3) is 0 Å². The standard InChI is InChI=1S/C13H16N6OS/c1-9-17-18-13(21-9)16-12(20)10-3-2-6-19(8-10)11-7-14-4-5-15-11/h4-5,7,10H,2-3,6,8H2,1H3,(H,16,18,20)/t10-/m1/s1. The molecule has 0 spiro atoms. The first-order valence-corrected chi connectivity index (χ1v) is 7.66. The Morgan fingerprint density at radius 3 is 3.05 bits per heavy atom. The van der Waals surface area contributed by atoms with Gasteiger partial charge in [-0.1, -0.05) is 11.3 Å². The SMILES string of the molecule is Cc1nnc(NC(=O)[C@@H]2CCCN(c3cnccn3)C2)s1. The zero-order valence-corrected chi connectivity index (χ0v) is 12.5. The van der Waals surface area contributed by atoms with E-state index in [0.717, 1.165) is 30.2 Å². The number of anilines is 2. The Kier molecular flexibility index (Phi) is 4.05. The van der Waals surface area contributed by atoms with Gasteiger partial charge in [-0.3, -0.25) is 9.78 Å². The zero-order valence-electron chi connectivity index (χ0n) is 11.7. The largest absolute Gasteiger partial charge is 0.355 e. The molecule has 0 bridgehead atoms. The maximum absolute atomic E-state index is 12.3. The van der Waals surface area contributed by atoms with Crippen LogP contribution in [0.5, 0.6) is 0 Å². The predicted octanol–water partition coefficient (Wildman–Crippen LogP) is 1.49. The van der Waals surface area contributed by atoms with Crippen molar-refractivity contribution in [3.8, 4) is 0 Å². The van der Waals surface area contributed by atoms with Gasteiger partial charge in [0.2, 0.25) is 11.0 Å². The molecule has 1 amide bonds. The minimum atomic E-state index is -0.0648. The molecule has 3 rings (SSSR count). The van der Waals surface area contributed by atoms with E-state index in [1.807, 2.05) is 6.92 Å². The summed E-state index contributed by atoms with van der Waals surface area (Å²) in [4.78, 5) is 22.8. The Hall–Kier alpha value is -2.09. The van der Waals surface area contributed by atoms with Crippen LogP contribution in [0.15, 0.2) is 18.6 Å². The summed E-state index contributed by atoms with van der Waals surface area (Å²) in [5, 5.41) is 12.1. The van der Waals surface area contributed by atoms with Crippen molar-refractivity contribution in [1.29, 1.82) is 0 Å². The Bertz CT molecular complexity index is 616. The number of hydrogen-bond acceptors (Lipinski definition) is 7. The Morgan fingerprint density at radius 1 is 1.43 bits per heavy atom. The van der Waals surface area contributed by atoms with Gasteiger partial charge in [-0.25, -0.2) is 4.98 Å². The summed E-state index contributed by atoms with van der Waals surface area (Å²) in [6.45, 7) is 3.42. The lowest BCUT2D eigenvalue weighted by atomic mass is 9.97. The molecule has 3 heterocycles. The summed E-state index contributed by atoms with van der Waals surface area (Å²) in [5.41, 5.74) is 0. The third-order valence-corrected chi connectivity index (χ3v) is 4.18. The average Bonchev–Trinajstić information content (AvgIpc) is 2.93. The molecule has 21 heavy (non-hydrogen) atoms. The summed E-state index contributed by atoms with van der Waals surface area (Å²) in [6.07, 6.45) is 6.89. The van der Waals surface area contributed by atoms with Gasteiger partial charge in [0.1, 0.15) is 10.8 Å². The van der Waals surface area contributed by atoms with Crippen molar-refractivity contribution < 1.29 is 4.79 Å². The molecule has 2 aromatic heterocycles. The summed E-state index contributed by atoms with van der Waals surface area (Å²) < 4.78 is 0. The summed E-state index contributed by atoms with van der Waals surface area (Å²) >= 11 is 1.39. The van der Waals surface area contributed by atoms with Gasteiger partial charge in [-0.05, 0) is 19.8 Å². The van der Waals surface area contributed by atoms with Crippen LogP contribution in [-0.2, 0) is 4.79 Å². The first kappa shape index (κ1) is 13.9. The minimum absolute atomic E-state index is 0.000240. The van der Waals surface area contributed by atoms with Crippen LogP contribution in [0.3, 0.4) is 0 Å². The van der Waals surface area contributed by atoms with Crippen LogP contribution in [0, 0.1) is 12.8 Å². The lowest BCUT2D eigenvalue weighted by Gasteiger charge is -2.32. The van der Waals surface area contributed by atoms with E-state index in [-0.39, 0.29) is 11.8 Å². The van der Waals surface area contributed by atoms with Crippen LogP contribution >= 0.6 is 11.3 Å². The van der Waals surface area contributed by atoms with Crippen LogP contribution < -0.4 is 10.2 Å². The van der Waals surface area contributed by atoms with Gasteiger partial charge in [0, 0.05) is 25.5 Å². The highest BCUT2D eigenvalue weighted by molar-refractivity contribution is 7.15. The van der Waals surface area contributed by atoms with Crippen molar-refractivity contribution in [2.24, 2.45) is 5.92 Å². The Morgan fingerprint density at radius 2 is 2.33 bits per heavy atom. The van der Waals surface area contributed by atoms with Crippen molar-refractivity contribution in [1.82, 2.24) is 20.2 Å². The highest BCUT2D eigenvalue weighted by Crippen LogP contribution is 2.23. The van der Waals surface area contributed by atoms with Gasteiger partial charge < -0.3 is 10.2 Å². The van der Waals surface area contributed by atoms with Gasteiger partial charge in [0.05, 0.1) is 12.1 Å². The van der Waals surface area contributed by atoms with Crippen LogP contribution in [0.1, 0.15) is 17.8 Å². The molecule has 0 aromatic carbocycles. The molecule has 7 nitrogen and oxygen atoms in total. The number of nitrogens with zero attached hydrogens (tertiary/aromatic N) is 5. The Labute approximate surface area is 126 Å². The molecule has 1 N–H and O–H groups in total. The van der Waals surface area contributed by atoms with Crippen LogP contribution in [0.2, 0.25) is 0 Å². The molecule has 0 aliphatic carbocycles. The molecule has 110 valence electrons. The second-order valence-electron chi connectivity index (χ2n) is 4.96. The molecule has 1 aliphatic heterocycles. The third kappa shape index (κ3) is 3.33. The third-order valence-electron chi connectivity index (χ3n) is 3.42. The normalized spacial score (nSPS) is 18.5. The van der Waals surface area contributed by atoms with Gasteiger partial charge >= 0.3 is 0 Å². The van der Waals surface area contributed by atoms with Gasteiger partial charge in [-0.2, -0.15) is 0 Å². The van der Waals surface area contributed by atoms with Gasteiger partial charge in [-0.15, -0.1) is 10.2 Å². The quantitative estimate of drug-likeness (QED) is 0.925. The highest BCUT2D eigenvalue weighted by atomic mass is 32.1. The number of hydrogen-bond donors (Lipinski definition) is 1. The van der Waals surface area contributed by atoms with E-state index in [2.05, 4.69) is 30.4 Å². The highest BCUT2D eigenvalue weighted by Gasteiger charge is 2.27. The smallest absolute Gasteiger partial charge is 0.231 e. The number of aromatic nitrogens is 4. The van der Waals surface area contributed by atoms with Crippen LogP contribution in [0.25, 0.3) is 0 Å². The van der Waals surface area contributed by atoms with Crippen molar-refractivity contribution in [2.45, 2.75) is 19.8 Å². The van der Waals surface area contributed by atoms with Crippen LogP contribution in [-0.4, -0.2) is 39.2 Å². The molecule has 0 radical (unpaired) electrons. The molecule has 0 saturated carbocycles. The monoisotopic (exact) mass is 304 g/mol. The fourth-order valence-electron chi connectivity index (χ4n) is 2.41. The maximum atomic E-state index is 12.3. The summed E-state index contributed by atoms with van der Waals surface area (Å²) in [7, 11) is 0. The van der Waals surface area contributed by atoms with E-state index in [0.29, 0.717) is 11.7 Å². The second-order valence-corrected chi connectivity index (χ2v) is 6.15. The molecule has 1 fully saturated rings. The number of piperidine rings is 1. The van der Waals surface area contributed by atoms with Gasteiger partial charge in [0.15, 0.2) is 0 Å². The molecule has 1 saturated heterocycles. The number of amides is 1. The fourth-order valence-corrected chi connectivity index (χ4v) is 3.00. The first-order valence-electron chi connectivity index (χ1n) is 6.84. The van der Waals surface area contributed by atoms with E-state index in [1.165, 1.54) is 11.3 Å². The molecular weight excluding hydrogens is 288 g/mol. The number of carbonyl (C=O) groups excluding carboxylic acids is 1. The van der Waals surface area contributed by atoms with Crippen molar-refractivity contribution in [2.75, 3.05) is 23.3 Å². The first-order chi connectivity index (χ1) is 10.2. The van der Waals surface area contributed by atoms with Crippen molar-refractivity contribution in [3.05, 3.63) is 23.6 Å². The number of aryl methyl sites for hydroxylation is 1. The van der Waals surface area contributed by atoms with Crippen LogP contribution in [0.4, 0.5) is 10.9 Å². The van der Waals surface area contributed by atoms with E-state index in [9.17, 15) is 4.79 Å². The zero-order chi connectivity index (χ0) is 14.7. The minimum Gasteiger partial charge on any atom is -0.355 e. The maximum Gasteiger partial charge on any atom is 0.231 e. The number of carbonyl (C=O) groups is 1. The molecule has 1 aliphatic rings. The van der Waals surface area contributed by atoms with E-state index in [1.54, 1.807) is 18.6 Å². The Balaban J connectivity index is 1.64. The lowest BCUT2D eigenvalue weighted by molar-refractivity contribution is -0.120. The number of nitrogens with one attached hydrogen (secondary N) is 1. The predicted molar refractivity (Wildman–Crippen MR) is 80.2 cm³/mol. The molecule has 1 atom stereocenters. The topological polar surface area (TPSA) is 83.9 Å². The summed E-state index contributed by atoms with van der Waals surface area (Å²) in [6, 6.07) is 0. The molecular formula is C13H16N6OS.